The number of rotatable bonds is 11. The van der Waals surface area contributed by atoms with Crippen LogP contribution >= 0.6 is 0 Å². The molecule has 1 aliphatic rings. The molecule has 1 N–H and O–H groups in total. The van der Waals surface area contributed by atoms with Crippen molar-refractivity contribution in [1.82, 2.24) is 25.2 Å². The molecule has 3 aromatic rings. The zero-order valence-electron chi connectivity index (χ0n) is 27.9. The molecule has 16 heteroatoms. The van der Waals surface area contributed by atoms with Gasteiger partial charge in [0, 0.05) is 19.6 Å². The minimum atomic E-state index is -5.07. The summed E-state index contributed by atoms with van der Waals surface area (Å²) in [7, 11) is 1.82. The highest BCUT2D eigenvalue weighted by atomic mass is 28.3. The van der Waals surface area contributed by atoms with Gasteiger partial charge in [0.05, 0.1) is 35.6 Å². The van der Waals surface area contributed by atoms with Crippen molar-refractivity contribution in [3.63, 3.8) is 0 Å². The van der Waals surface area contributed by atoms with Gasteiger partial charge in [0.25, 0.3) is 0 Å². The van der Waals surface area contributed by atoms with E-state index in [2.05, 4.69) is 15.4 Å². The zero-order valence-corrected chi connectivity index (χ0v) is 29.1. The lowest BCUT2D eigenvalue weighted by Crippen LogP contribution is -2.49. The molecule has 0 aliphatic carbocycles. The van der Waals surface area contributed by atoms with Gasteiger partial charge in [-0.25, -0.2) is 4.39 Å². The summed E-state index contributed by atoms with van der Waals surface area (Å²) in [4.78, 5) is 3.90. The van der Waals surface area contributed by atoms with Crippen molar-refractivity contribution < 1.29 is 44.6 Å². The van der Waals surface area contributed by atoms with Crippen LogP contribution in [-0.4, -0.2) is 73.9 Å². The van der Waals surface area contributed by atoms with Gasteiger partial charge in [-0.15, -0.1) is 5.10 Å². The molecule has 0 saturated carbocycles. The van der Waals surface area contributed by atoms with E-state index in [4.69, 9.17) is 13.9 Å². The fourth-order valence-corrected chi connectivity index (χ4v) is 6.81. The Labute approximate surface area is 277 Å². The molecular weight excluding hydrogens is 663 g/mol. The van der Waals surface area contributed by atoms with Crippen LogP contribution in [0.4, 0.5) is 30.7 Å². The van der Waals surface area contributed by atoms with Crippen molar-refractivity contribution in [1.29, 1.82) is 0 Å². The van der Waals surface area contributed by atoms with Crippen molar-refractivity contribution in [2.45, 2.75) is 83.8 Å². The van der Waals surface area contributed by atoms with E-state index in [0.29, 0.717) is 36.5 Å². The fourth-order valence-electron chi connectivity index (χ4n) is 5.68. The number of H-pyrrole nitrogens is 1. The van der Waals surface area contributed by atoms with Gasteiger partial charge >= 0.3 is 12.4 Å². The molecule has 4 rings (SSSR count). The molecule has 48 heavy (non-hydrogen) atoms. The van der Waals surface area contributed by atoms with Gasteiger partial charge < -0.3 is 18.8 Å². The second-order valence-corrected chi connectivity index (χ2v) is 15.9. The van der Waals surface area contributed by atoms with Crippen LogP contribution in [0, 0.1) is 11.2 Å². The molecule has 1 aromatic heterocycles. The maximum Gasteiger partial charge on any atom is 0.416 e. The lowest BCUT2D eigenvalue weighted by Gasteiger charge is -2.45. The van der Waals surface area contributed by atoms with Gasteiger partial charge in [0.1, 0.15) is 17.6 Å². The molecule has 2 heterocycles. The standard InChI is InChI=1S/C32H42F7N5O3Si/c1-30(2,3)28(47-48(6)7)27(20-14-21(31(34,35)36)16-22(15-20)32(37,38)39)46-29-26(19-8-10-23(33)11-9-19)44(12-13-45-29)18-25-24(17-43(4)5)40-42-41-25/h8-11,14-16,26-29,48H,12-13,17-18H2,1-7H3,(H,40,41,42)/t26-,27-,28?,29+/m0/s1. The first-order chi connectivity index (χ1) is 22.2. The monoisotopic (exact) mass is 705 g/mol. The summed E-state index contributed by atoms with van der Waals surface area (Å²) < 4.78 is 117. The third-order valence-electron chi connectivity index (χ3n) is 7.82. The van der Waals surface area contributed by atoms with E-state index in [0.717, 1.165) is 5.69 Å². The smallest absolute Gasteiger partial charge is 0.414 e. The van der Waals surface area contributed by atoms with Crippen LogP contribution in [0.15, 0.2) is 42.5 Å². The second kappa shape index (κ2) is 14.9. The van der Waals surface area contributed by atoms with E-state index >= 15 is 0 Å². The Morgan fingerprint density at radius 3 is 2.12 bits per heavy atom. The Hall–Kier alpha value is -2.89. The topological polar surface area (TPSA) is 75.7 Å². The Balaban J connectivity index is 1.86. The highest BCUT2D eigenvalue weighted by Crippen LogP contribution is 2.44. The lowest BCUT2D eigenvalue weighted by molar-refractivity contribution is -0.252. The summed E-state index contributed by atoms with van der Waals surface area (Å²) in [5.41, 5.74) is -2.13. The number of hydrogen-bond acceptors (Lipinski definition) is 7. The van der Waals surface area contributed by atoms with Gasteiger partial charge in [-0.1, -0.05) is 38.1 Å². The fraction of sp³-hybridized carbons (Fsp3) is 0.562. The average molecular weight is 706 g/mol. The van der Waals surface area contributed by atoms with E-state index < -0.39 is 68.3 Å². The molecule has 1 saturated heterocycles. The molecule has 2 aromatic carbocycles. The maximum atomic E-state index is 14.1. The largest absolute Gasteiger partial charge is 0.416 e. The van der Waals surface area contributed by atoms with E-state index in [1.54, 1.807) is 32.9 Å². The normalized spacial score (nSPS) is 19.7. The molecule has 1 unspecified atom stereocenters. The quantitative estimate of drug-likeness (QED) is 0.168. The van der Waals surface area contributed by atoms with Crippen LogP contribution in [0.5, 0.6) is 0 Å². The van der Waals surface area contributed by atoms with Crippen molar-refractivity contribution >= 4 is 9.04 Å². The van der Waals surface area contributed by atoms with Gasteiger partial charge in [-0.2, -0.15) is 26.3 Å². The first-order valence-electron chi connectivity index (χ1n) is 15.5. The third kappa shape index (κ3) is 9.63. The number of alkyl halides is 6. The molecule has 0 bridgehead atoms. The summed E-state index contributed by atoms with van der Waals surface area (Å²) in [6.07, 6.45) is -13.7. The zero-order chi connectivity index (χ0) is 35.6. The van der Waals surface area contributed by atoms with Gasteiger partial charge in [0.2, 0.25) is 0 Å². The minimum Gasteiger partial charge on any atom is -0.414 e. The minimum absolute atomic E-state index is 0.0914. The van der Waals surface area contributed by atoms with Crippen molar-refractivity contribution in [3.05, 3.63) is 81.9 Å². The Morgan fingerprint density at radius 2 is 1.60 bits per heavy atom. The first-order valence-corrected chi connectivity index (χ1v) is 18.3. The number of morpholine rings is 1. The number of benzene rings is 2. The van der Waals surface area contributed by atoms with Gasteiger partial charge in [-0.05, 0) is 74.1 Å². The lowest BCUT2D eigenvalue weighted by atomic mass is 9.82. The van der Waals surface area contributed by atoms with E-state index in [-0.39, 0.29) is 24.8 Å². The summed E-state index contributed by atoms with van der Waals surface area (Å²) >= 11 is 0. The van der Waals surface area contributed by atoms with Crippen LogP contribution in [0.2, 0.25) is 13.1 Å². The molecule has 0 radical (unpaired) electrons. The molecule has 4 atom stereocenters. The number of aromatic amines is 1. The maximum absolute atomic E-state index is 14.1. The summed E-state index contributed by atoms with van der Waals surface area (Å²) in [5.74, 6) is -0.492. The molecule has 0 amide bonds. The Morgan fingerprint density at radius 1 is 1.00 bits per heavy atom. The van der Waals surface area contributed by atoms with Crippen molar-refractivity contribution in [3.8, 4) is 0 Å². The summed E-state index contributed by atoms with van der Waals surface area (Å²) in [5, 5.41) is 11.1. The van der Waals surface area contributed by atoms with Crippen LogP contribution in [0.25, 0.3) is 0 Å². The van der Waals surface area contributed by atoms with Crippen molar-refractivity contribution in [2.75, 3.05) is 27.2 Å². The molecule has 1 aliphatic heterocycles. The number of hydrogen-bond donors (Lipinski definition) is 1. The number of aromatic nitrogens is 3. The number of ether oxygens (including phenoxy) is 2. The third-order valence-corrected chi connectivity index (χ3v) is 8.66. The van der Waals surface area contributed by atoms with Crippen LogP contribution in [0.1, 0.15) is 66.6 Å². The van der Waals surface area contributed by atoms with Crippen molar-refractivity contribution in [2.24, 2.45) is 5.41 Å². The summed E-state index contributed by atoms with van der Waals surface area (Å²) in [6, 6.07) is 6.30. The van der Waals surface area contributed by atoms with Crippen LogP contribution < -0.4 is 0 Å². The molecular formula is C32H42F7N5O3Si. The SMILES string of the molecule is CN(C)Cc1[nH]nnc1CN1CCO[C@H](O[C@@H](c2cc(C(F)(F)F)cc(C(F)(F)F)c2)C(O[SiH](C)C)C(C)(C)C)[C@@H]1c1ccc(F)cc1. The number of nitrogens with zero attached hydrogens (tertiary/aromatic N) is 4. The van der Waals surface area contributed by atoms with E-state index in [1.165, 1.54) is 12.1 Å². The molecule has 0 spiro atoms. The van der Waals surface area contributed by atoms with Gasteiger partial charge in [-0.3, -0.25) is 10.00 Å². The predicted molar refractivity (Wildman–Crippen MR) is 167 cm³/mol. The number of halogens is 7. The van der Waals surface area contributed by atoms with Gasteiger partial charge in [0.15, 0.2) is 15.3 Å². The first kappa shape index (κ1) is 37.9. The average Bonchev–Trinajstić information content (AvgIpc) is 3.39. The Kier molecular flexibility index (Phi) is 11.8. The predicted octanol–water partition coefficient (Wildman–Crippen LogP) is 7.12. The molecule has 8 nitrogen and oxygen atoms in total. The molecule has 266 valence electrons. The van der Waals surface area contributed by atoms with E-state index in [1.807, 2.05) is 37.0 Å². The highest BCUT2D eigenvalue weighted by molar-refractivity contribution is 6.48. The second-order valence-electron chi connectivity index (χ2n) is 13.5. The Bertz CT molecular complexity index is 1460. The molecule has 1 fully saturated rings. The highest BCUT2D eigenvalue weighted by Gasteiger charge is 2.44. The van der Waals surface area contributed by atoms with E-state index in [9.17, 15) is 30.7 Å². The van der Waals surface area contributed by atoms with Crippen LogP contribution in [0.3, 0.4) is 0 Å². The van der Waals surface area contributed by atoms with Crippen LogP contribution in [-0.2, 0) is 39.3 Å². The summed E-state index contributed by atoms with van der Waals surface area (Å²) in [6.45, 7) is 10.3. The number of nitrogens with one attached hydrogen (secondary N) is 1.